The van der Waals surface area contributed by atoms with Gasteiger partial charge in [0.25, 0.3) is 0 Å². The van der Waals surface area contributed by atoms with Gasteiger partial charge in [0.1, 0.15) is 10.8 Å². The summed E-state index contributed by atoms with van der Waals surface area (Å²) in [5, 5.41) is 3.10. The highest BCUT2D eigenvalue weighted by atomic mass is 32.1. The molecule has 2 N–H and O–H groups in total. The number of thiazole rings is 1. The number of nitrogens with zero attached hydrogens (tertiary/aromatic N) is 1. The zero-order valence-corrected chi connectivity index (χ0v) is 12.0. The van der Waals surface area contributed by atoms with E-state index in [4.69, 9.17) is 10.5 Å². The van der Waals surface area contributed by atoms with Gasteiger partial charge in [-0.2, -0.15) is 0 Å². The average Bonchev–Trinajstić information content (AvgIpc) is 2.77. The highest BCUT2D eigenvalue weighted by Gasteiger charge is 2.18. The SMILES string of the molecule is COc1ccc(-c2nc(C(C)(C)C)cs2)cc1N. The van der Waals surface area contributed by atoms with E-state index in [1.165, 1.54) is 0 Å². The maximum atomic E-state index is 5.91. The summed E-state index contributed by atoms with van der Waals surface area (Å²) in [5.74, 6) is 0.700. The van der Waals surface area contributed by atoms with Crippen LogP contribution in [0.1, 0.15) is 26.5 Å². The lowest BCUT2D eigenvalue weighted by molar-refractivity contribution is 0.417. The van der Waals surface area contributed by atoms with Crippen LogP contribution >= 0.6 is 11.3 Å². The van der Waals surface area contributed by atoms with Crippen molar-refractivity contribution in [3.8, 4) is 16.3 Å². The Labute approximate surface area is 112 Å². The Balaban J connectivity index is 2.38. The van der Waals surface area contributed by atoms with Crippen LogP contribution < -0.4 is 10.5 Å². The van der Waals surface area contributed by atoms with Gasteiger partial charge < -0.3 is 10.5 Å². The molecule has 0 saturated heterocycles. The normalized spacial score (nSPS) is 11.6. The number of methoxy groups -OCH3 is 1. The second-order valence-corrected chi connectivity index (χ2v) is 6.10. The van der Waals surface area contributed by atoms with Crippen LogP contribution in [0.25, 0.3) is 10.6 Å². The van der Waals surface area contributed by atoms with Gasteiger partial charge in [0, 0.05) is 16.4 Å². The highest BCUT2D eigenvalue weighted by molar-refractivity contribution is 7.13. The second-order valence-electron chi connectivity index (χ2n) is 5.24. The smallest absolute Gasteiger partial charge is 0.141 e. The van der Waals surface area contributed by atoms with Crippen LogP contribution in [0.4, 0.5) is 5.69 Å². The molecule has 0 unspecified atom stereocenters. The predicted octanol–water partition coefficient (Wildman–Crippen LogP) is 3.70. The molecule has 18 heavy (non-hydrogen) atoms. The molecule has 4 heteroatoms. The molecule has 3 nitrogen and oxygen atoms in total. The molecular weight excluding hydrogens is 244 g/mol. The Kier molecular flexibility index (Phi) is 3.30. The molecule has 0 radical (unpaired) electrons. The fourth-order valence-electron chi connectivity index (χ4n) is 1.62. The summed E-state index contributed by atoms with van der Waals surface area (Å²) in [6.45, 7) is 6.48. The van der Waals surface area contributed by atoms with E-state index >= 15 is 0 Å². The van der Waals surface area contributed by atoms with Crippen LogP contribution in [0.15, 0.2) is 23.6 Å². The lowest BCUT2D eigenvalue weighted by Gasteiger charge is -2.14. The van der Waals surface area contributed by atoms with Gasteiger partial charge in [-0.05, 0) is 18.2 Å². The van der Waals surface area contributed by atoms with Crippen molar-refractivity contribution >= 4 is 17.0 Å². The van der Waals surface area contributed by atoms with Gasteiger partial charge in [0.2, 0.25) is 0 Å². The van der Waals surface area contributed by atoms with Gasteiger partial charge in [-0.15, -0.1) is 11.3 Å². The molecule has 2 aromatic rings. The van der Waals surface area contributed by atoms with Crippen LogP contribution in [-0.4, -0.2) is 12.1 Å². The van der Waals surface area contributed by atoms with Crippen molar-refractivity contribution in [1.82, 2.24) is 4.98 Å². The molecule has 0 aliphatic carbocycles. The predicted molar refractivity (Wildman–Crippen MR) is 77.2 cm³/mol. The molecule has 2 rings (SSSR count). The summed E-state index contributed by atoms with van der Waals surface area (Å²) in [6.07, 6.45) is 0. The van der Waals surface area contributed by atoms with Crippen molar-refractivity contribution in [3.63, 3.8) is 0 Å². The van der Waals surface area contributed by atoms with Gasteiger partial charge in [-0.1, -0.05) is 20.8 Å². The van der Waals surface area contributed by atoms with Gasteiger partial charge in [-0.25, -0.2) is 4.98 Å². The van der Waals surface area contributed by atoms with E-state index in [-0.39, 0.29) is 5.41 Å². The Morgan fingerprint density at radius 3 is 2.50 bits per heavy atom. The third kappa shape index (κ3) is 2.48. The first-order chi connectivity index (χ1) is 8.41. The van der Waals surface area contributed by atoms with E-state index in [0.717, 1.165) is 16.3 Å². The minimum absolute atomic E-state index is 0.0762. The van der Waals surface area contributed by atoms with Crippen LogP contribution in [0.5, 0.6) is 5.75 Å². The summed E-state index contributed by atoms with van der Waals surface area (Å²) in [4.78, 5) is 4.67. The molecule has 1 aromatic carbocycles. The lowest BCUT2D eigenvalue weighted by atomic mass is 9.93. The minimum Gasteiger partial charge on any atom is -0.495 e. The van der Waals surface area contributed by atoms with Crippen LogP contribution in [-0.2, 0) is 5.41 Å². The maximum absolute atomic E-state index is 5.91. The van der Waals surface area contributed by atoms with Crippen molar-refractivity contribution in [2.45, 2.75) is 26.2 Å². The van der Waals surface area contributed by atoms with Crippen LogP contribution in [0, 0.1) is 0 Å². The second kappa shape index (κ2) is 4.61. The standard InChI is InChI=1S/C14H18N2OS/c1-14(2,3)12-8-18-13(16-12)9-5-6-11(17-4)10(15)7-9/h5-8H,15H2,1-4H3. The zero-order valence-electron chi connectivity index (χ0n) is 11.2. The van der Waals surface area contributed by atoms with Crippen molar-refractivity contribution in [2.24, 2.45) is 0 Å². The zero-order chi connectivity index (χ0) is 13.3. The lowest BCUT2D eigenvalue weighted by Crippen LogP contribution is -2.11. The van der Waals surface area contributed by atoms with E-state index in [1.807, 2.05) is 18.2 Å². The van der Waals surface area contributed by atoms with E-state index in [0.29, 0.717) is 11.4 Å². The number of nitrogens with two attached hydrogens (primary N) is 1. The van der Waals surface area contributed by atoms with Crippen molar-refractivity contribution in [2.75, 3.05) is 12.8 Å². The molecule has 0 atom stereocenters. The van der Waals surface area contributed by atoms with E-state index in [1.54, 1.807) is 18.4 Å². The fourth-order valence-corrected chi connectivity index (χ4v) is 2.66. The molecule has 0 bridgehead atoms. The number of nitrogen functional groups attached to an aromatic ring is 1. The largest absolute Gasteiger partial charge is 0.495 e. The third-order valence-corrected chi connectivity index (χ3v) is 3.64. The summed E-state index contributed by atoms with van der Waals surface area (Å²) >= 11 is 1.64. The molecule has 0 aliphatic rings. The van der Waals surface area contributed by atoms with E-state index in [9.17, 15) is 0 Å². The molecule has 1 aromatic heterocycles. The number of anilines is 1. The Bertz CT molecular complexity index is 555. The first kappa shape index (κ1) is 12.9. The van der Waals surface area contributed by atoms with Crippen LogP contribution in [0.2, 0.25) is 0 Å². The molecule has 1 heterocycles. The summed E-state index contributed by atoms with van der Waals surface area (Å²) in [7, 11) is 1.62. The van der Waals surface area contributed by atoms with Crippen LogP contribution in [0.3, 0.4) is 0 Å². The third-order valence-electron chi connectivity index (χ3n) is 2.75. The average molecular weight is 262 g/mol. The molecule has 96 valence electrons. The summed E-state index contributed by atoms with van der Waals surface area (Å²) in [5.41, 5.74) is 8.78. The quantitative estimate of drug-likeness (QED) is 0.839. The van der Waals surface area contributed by atoms with Gasteiger partial charge in [0.05, 0.1) is 18.5 Å². The topological polar surface area (TPSA) is 48.1 Å². The number of aromatic nitrogens is 1. The van der Waals surface area contributed by atoms with E-state index in [2.05, 4.69) is 31.1 Å². The highest BCUT2D eigenvalue weighted by Crippen LogP contribution is 2.32. The minimum atomic E-state index is 0.0762. The first-order valence-corrected chi connectivity index (χ1v) is 6.69. The number of ether oxygens (including phenoxy) is 1. The van der Waals surface area contributed by atoms with Gasteiger partial charge in [-0.3, -0.25) is 0 Å². The molecule has 0 amide bonds. The first-order valence-electron chi connectivity index (χ1n) is 5.81. The number of benzene rings is 1. The molecular formula is C14H18N2OS. The van der Waals surface area contributed by atoms with Gasteiger partial charge in [0.15, 0.2) is 0 Å². The Morgan fingerprint density at radius 1 is 1.28 bits per heavy atom. The number of rotatable bonds is 2. The number of hydrogen-bond acceptors (Lipinski definition) is 4. The summed E-state index contributed by atoms with van der Waals surface area (Å²) < 4.78 is 5.15. The number of hydrogen-bond donors (Lipinski definition) is 1. The molecule has 0 spiro atoms. The van der Waals surface area contributed by atoms with E-state index < -0.39 is 0 Å². The summed E-state index contributed by atoms with van der Waals surface area (Å²) in [6, 6.07) is 5.77. The molecule has 0 aliphatic heterocycles. The monoisotopic (exact) mass is 262 g/mol. The van der Waals surface area contributed by atoms with Crippen molar-refractivity contribution in [1.29, 1.82) is 0 Å². The van der Waals surface area contributed by atoms with Gasteiger partial charge >= 0.3 is 0 Å². The molecule has 0 fully saturated rings. The molecule has 0 saturated carbocycles. The van der Waals surface area contributed by atoms with Crippen molar-refractivity contribution in [3.05, 3.63) is 29.3 Å². The maximum Gasteiger partial charge on any atom is 0.141 e. The Morgan fingerprint density at radius 2 is 2.00 bits per heavy atom. The van der Waals surface area contributed by atoms with Crippen molar-refractivity contribution < 1.29 is 4.74 Å². The Hall–Kier alpha value is -1.55. The fraction of sp³-hybridized carbons (Fsp3) is 0.357.